The molecule has 3 aliphatic heterocycles. The molecule has 43 heavy (non-hydrogen) atoms. The van der Waals surface area contributed by atoms with E-state index in [9.17, 15) is 14.0 Å². The van der Waals surface area contributed by atoms with Crippen molar-refractivity contribution < 1.29 is 23.5 Å². The number of benzene rings is 2. The Balaban J connectivity index is 1.15. The number of hydrogen-bond donors (Lipinski definition) is 0. The van der Waals surface area contributed by atoms with Crippen molar-refractivity contribution in [2.45, 2.75) is 39.3 Å². The predicted molar refractivity (Wildman–Crippen MR) is 160 cm³/mol. The Morgan fingerprint density at radius 3 is 2.74 bits per heavy atom. The molecular weight excluding hydrogens is 551 g/mol. The molecule has 3 fully saturated rings. The van der Waals surface area contributed by atoms with Crippen LogP contribution >= 0.6 is 0 Å². The maximum absolute atomic E-state index is 14.2. The normalized spacial score (nSPS) is 20.3. The number of cyclic esters (lactones) is 1. The molecule has 11 heteroatoms. The van der Waals surface area contributed by atoms with Gasteiger partial charge in [0, 0.05) is 50.4 Å². The van der Waals surface area contributed by atoms with Gasteiger partial charge in [-0.05, 0) is 69.1 Å². The van der Waals surface area contributed by atoms with Crippen LogP contribution in [0.15, 0.2) is 55.0 Å². The highest BCUT2D eigenvalue weighted by molar-refractivity contribution is 5.97. The SMILES string of the molecule is CC(C)N(C)C(=O)c1cc(F)ccc1Oc1cncnc1N1CCC2(CCN(Cc3cccc(N4CCOC4=O)c3)C2)C1. The van der Waals surface area contributed by atoms with E-state index < -0.39 is 5.82 Å². The van der Waals surface area contributed by atoms with Crippen molar-refractivity contribution >= 4 is 23.5 Å². The molecule has 2 aromatic carbocycles. The molecule has 0 radical (unpaired) electrons. The number of rotatable bonds is 8. The summed E-state index contributed by atoms with van der Waals surface area (Å²) in [6.07, 6.45) is 4.90. The first-order valence-electron chi connectivity index (χ1n) is 14.8. The van der Waals surface area contributed by atoms with Gasteiger partial charge < -0.3 is 19.3 Å². The highest BCUT2D eigenvalue weighted by atomic mass is 19.1. The van der Waals surface area contributed by atoms with Gasteiger partial charge in [0.1, 0.15) is 24.5 Å². The van der Waals surface area contributed by atoms with Crippen molar-refractivity contribution in [2.75, 3.05) is 56.2 Å². The minimum atomic E-state index is -0.505. The second-order valence-electron chi connectivity index (χ2n) is 12.0. The Morgan fingerprint density at radius 1 is 1.12 bits per heavy atom. The van der Waals surface area contributed by atoms with Crippen molar-refractivity contribution in [1.82, 2.24) is 19.8 Å². The van der Waals surface area contributed by atoms with E-state index in [-0.39, 0.29) is 34.8 Å². The lowest BCUT2D eigenvalue weighted by molar-refractivity contribution is 0.0751. The van der Waals surface area contributed by atoms with E-state index in [1.165, 1.54) is 30.1 Å². The third-order valence-electron chi connectivity index (χ3n) is 8.79. The van der Waals surface area contributed by atoms with Crippen LogP contribution in [-0.4, -0.2) is 84.2 Å². The zero-order chi connectivity index (χ0) is 30.1. The van der Waals surface area contributed by atoms with Crippen LogP contribution in [-0.2, 0) is 11.3 Å². The van der Waals surface area contributed by atoms with Crippen LogP contribution in [0.3, 0.4) is 0 Å². The average molecular weight is 589 g/mol. The minimum Gasteiger partial charge on any atom is -0.451 e. The monoisotopic (exact) mass is 588 g/mol. The molecule has 1 atom stereocenters. The zero-order valence-electron chi connectivity index (χ0n) is 24.8. The summed E-state index contributed by atoms with van der Waals surface area (Å²) in [5.74, 6) is 0.533. The molecule has 0 bridgehead atoms. The number of amides is 2. The molecule has 6 rings (SSSR count). The molecule has 2 amide bonds. The Labute approximate surface area is 251 Å². The van der Waals surface area contributed by atoms with Gasteiger partial charge in [0.05, 0.1) is 18.3 Å². The Morgan fingerprint density at radius 2 is 1.95 bits per heavy atom. The molecule has 3 saturated heterocycles. The largest absolute Gasteiger partial charge is 0.451 e. The molecule has 0 aliphatic carbocycles. The third kappa shape index (κ3) is 5.99. The van der Waals surface area contributed by atoms with Gasteiger partial charge in [0.15, 0.2) is 11.6 Å². The van der Waals surface area contributed by atoms with E-state index in [0.29, 0.717) is 24.7 Å². The summed E-state index contributed by atoms with van der Waals surface area (Å²) in [5, 5.41) is 0. The van der Waals surface area contributed by atoms with Crippen molar-refractivity contribution in [3.05, 3.63) is 71.9 Å². The molecule has 10 nitrogen and oxygen atoms in total. The molecule has 1 aromatic heterocycles. The van der Waals surface area contributed by atoms with E-state index in [1.54, 1.807) is 23.0 Å². The lowest BCUT2D eigenvalue weighted by Gasteiger charge is -2.26. The fourth-order valence-corrected chi connectivity index (χ4v) is 6.24. The smallest absolute Gasteiger partial charge is 0.414 e. The number of aromatic nitrogens is 2. The van der Waals surface area contributed by atoms with Gasteiger partial charge in [-0.1, -0.05) is 12.1 Å². The average Bonchev–Trinajstić information content (AvgIpc) is 3.73. The fraction of sp³-hybridized carbons (Fsp3) is 0.438. The first-order valence-corrected chi connectivity index (χ1v) is 14.8. The van der Waals surface area contributed by atoms with E-state index in [0.717, 1.165) is 51.3 Å². The lowest BCUT2D eigenvalue weighted by Crippen LogP contribution is -2.33. The summed E-state index contributed by atoms with van der Waals surface area (Å²) in [6.45, 7) is 9.20. The number of carbonyl (C=O) groups excluding carboxylic acids is 2. The number of anilines is 2. The van der Waals surface area contributed by atoms with Gasteiger partial charge in [-0.3, -0.25) is 14.6 Å². The molecule has 3 aliphatic rings. The van der Waals surface area contributed by atoms with E-state index in [2.05, 4.69) is 31.9 Å². The molecule has 4 heterocycles. The van der Waals surface area contributed by atoms with Crippen LogP contribution in [0, 0.1) is 11.2 Å². The molecule has 226 valence electrons. The van der Waals surface area contributed by atoms with Crippen LogP contribution in [0.2, 0.25) is 0 Å². The first kappa shape index (κ1) is 28.9. The number of carbonyl (C=O) groups is 2. The van der Waals surface area contributed by atoms with Gasteiger partial charge in [-0.25, -0.2) is 19.2 Å². The van der Waals surface area contributed by atoms with Gasteiger partial charge >= 0.3 is 6.09 Å². The molecule has 0 saturated carbocycles. The summed E-state index contributed by atoms with van der Waals surface area (Å²) in [4.78, 5) is 41.8. The number of nitrogens with zero attached hydrogens (tertiary/aromatic N) is 6. The maximum Gasteiger partial charge on any atom is 0.414 e. The summed E-state index contributed by atoms with van der Waals surface area (Å²) in [5.41, 5.74) is 2.32. The molecular formula is C32H37FN6O4. The molecule has 0 N–H and O–H groups in total. The van der Waals surface area contributed by atoms with Gasteiger partial charge in [-0.2, -0.15) is 0 Å². The van der Waals surface area contributed by atoms with Crippen LogP contribution in [0.5, 0.6) is 11.5 Å². The van der Waals surface area contributed by atoms with E-state index >= 15 is 0 Å². The number of hydrogen-bond acceptors (Lipinski definition) is 8. The van der Waals surface area contributed by atoms with E-state index in [1.807, 2.05) is 26.0 Å². The third-order valence-corrected chi connectivity index (χ3v) is 8.79. The minimum absolute atomic E-state index is 0.0566. The second-order valence-corrected chi connectivity index (χ2v) is 12.0. The zero-order valence-corrected chi connectivity index (χ0v) is 24.8. The second kappa shape index (κ2) is 11.8. The van der Waals surface area contributed by atoms with E-state index in [4.69, 9.17) is 9.47 Å². The van der Waals surface area contributed by atoms with Crippen LogP contribution in [0.25, 0.3) is 0 Å². The van der Waals surface area contributed by atoms with Crippen LogP contribution in [0.1, 0.15) is 42.6 Å². The standard InChI is InChI=1S/C32H37FN6O4/c1-22(2)36(3)30(40)26-16-24(33)7-8-27(26)43-28-17-34-21-35-29(28)38-12-10-32(20-38)9-11-37(19-32)18-23-5-4-6-25(15-23)39-13-14-42-31(39)41/h4-8,15-17,21-22H,9-14,18-20H2,1-3H3. The maximum atomic E-state index is 14.2. The van der Waals surface area contributed by atoms with Crippen molar-refractivity contribution in [1.29, 1.82) is 0 Å². The van der Waals surface area contributed by atoms with Crippen molar-refractivity contribution in [3.63, 3.8) is 0 Å². The highest BCUT2D eigenvalue weighted by Gasteiger charge is 2.44. The van der Waals surface area contributed by atoms with Crippen LogP contribution in [0.4, 0.5) is 20.7 Å². The molecule has 1 unspecified atom stereocenters. The number of likely N-dealkylation sites (tertiary alicyclic amines) is 1. The Hall–Kier alpha value is -4.25. The van der Waals surface area contributed by atoms with Gasteiger partial charge in [-0.15, -0.1) is 0 Å². The number of halogens is 1. The summed E-state index contributed by atoms with van der Waals surface area (Å²) >= 11 is 0. The quantitative estimate of drug-likeness (QED) is 0.365. The van der Waals surface area contributed by atoms with Crippen molar-refractivity contribution in [3.8, 4) is 11.5 Å². The highest BCUT2D eigenvalue weighted by Crippen LogP contribution is 2.43. The molecule has 3 aromatic rings. The Kier molecular flexibility index (Phi) is 7.91. The predicted octanol–water partition coefficient (Wildman–Crippen LogP) is 4.95. The lowest BCUT2D eigenvalue weighted by atomic mass is 9.86. The number of ether oxygens (including phenoxy) is 2. The summed E-state index contributed by atoms with van der Waals surface area (Å²) < 4.78 is 25.5. The first-order chi connectivity index (χ1) is 20.7. The van der Waals surface area contributed by atoms with Crippen LogP contribution < -0.4 is 14.5 Å². The summed E-state index contributed by atoms with van der Waals surface area (Å²) in [6, 6.07) is 12.1. The topological polar surface area (TPSA) is 91.3 Å². The van der Waals surface area contributed by atoms with Crippen molar-refractivity contribution in [2.24, 2.45) is 5.41 Å². The Bertz CT molecular complexity index is 1520. The van der Waals surface area contributed by atoms with Gasteiger partial charge in [0.2, 0.25) is 0 Å². The van der Waals surface area contributed by atoms with Gasteiger partial charge in [0.25, 0.3) is 5.91 Å². The fourth-order valence-electron chi connectivity index (χ4n) is 6.24. The molecule has 1 spiro atoms. The summed E-state index contributed by atoms with van der Waals surface area (Å²) in [7, 11) is 1.69.